The van der Waals surface area contributed by atoms with E-state index in [-0.39, 0.29) is 20.1 Å². The number of nitrogens with zero attached hydrogens (tertiary/aromatic N) is 1. The van der Waals surface area contributed by atoms with Gasteiger partial charge in [0.1, 0.15) is 0 Å². The number of benzene rings is 1. The summed E-state index contributed by atoms with van der Waals surface area (Å²) in [5.41, 5.74) is 2.83. The first kappa shape index (κ1) is 12.1. The summed E-state index contributed by atoms with van der Waals surface area (Å²) in [5.74, 6) is 0. The van der Waals surface area contributed by atoms with Crippen molar-refractivity contribution in [1.29, 1.82) is 0 Å². The van der Waals surface area contributed by atoms with E-state index in [9.17, 15) is 0 Å². The molecule has 0 fully saturated rings. The van der Waals surface area contributed by atoms with Gasteiger partial charge in [-0.25, -0.2) is 0 Å². The Morgan fingerprint density at radius 3 is 2.67 bits per heavy atom. The van der Waals surface area contributed by atoms with Crippen LogP contribution in [0.3, 0.4) is 0 Å². The molecule has 0 unspecified atom stereocenters. The van der Waals surface area contributed by atoms with E-state index < -0.39 is 0 Å². The molecule has 15 heavy (non-hydrogen) atoms. The third-order valence-electron chi connectivity index (χ3n) is 2.00. The Hall–Kier alpha value is -0.981. The van der Waals surface area contributed by atoms with E-state index in [0.29, 0.717) is 6.42 Å². The van der Waals surface area contributed by atoms with Crippen molar-refractivity contribution < 1.29 is 20.1 Å². The number of pyridine rings is 1. The molecule has 2 rings (SSSR count). The first-order chi connectivity index (χ1) is 6.90. The van der Waals surface area contributed by atoms with Gasteiger partial charge in [-0.05, 0) is 25.1 Å². The first-order valence-corrected chi connectivity index (χ1v) is 4.53. The SMILES string of the molecule is [CH]Cc1cccc(-c2[c-]cccc2)n1.[Ir]. The van der Waals surface area contributed by atoms with Crippen molar-refractivity contribution in [2.75, 3.05) is 0 Å². The van der Waals surface area contributed by atoms with E-state index in [2.05, 4.69) is 11.1 Å². The largest absolute Gasteiger partial charge is 0.301 e. The molecule has 3 radical (unpaired) electrons. The van der Waals surface area contributed by atoms with Gasteiger partial charge in [0.05, 0.1) is 0 Å². The van der Waals surface area contributed by atoms with Crippen molar-refractivity contribution in [3.05, 3.63) is 61.1 Å². The molecule has 0 aliphatic heterocycles. The molecule has 2 aromatic rings. The average Bonchev–Trinajstić information content (AvgIpc) is 2.30. The molecule has 1 heterocycles. The maximum absolute atomic E-state index is 5.52. The molecular weight excluding hydrogens is 362 g/mol. The van der Waals surface area contributed by atoms with Gasteiger partial charge in [0.2, 0.25) is 0 Å². The molecular formula is C13H10IrN-. The molecule has 2 heteroatoms. The van der Waals surface area contributed by atoms with Crippen LogP contribution in [0.25, 0.3) is 11.3 Å². The summed E-state index contributed by atoms with van der Waals surface area (Å²) in [6.45, 7) is 5.52. The number of rotatable bonds is 2. The third kappa shape index (κ3) is 2.98. The molecule has 0 saturated carbocycles. The van der Waals surface area contributed by atoms with Crippen molar-refractivity contribution in [1.82, 2.24) is 4.98 Å². The van der Waals surface area contributed by atoms with Crippen molar-refractivity contribution in [3.8, 4) is 11.3 Å². The quantitative estimate of drug-likeness (QED) is 0.739. The van der Waals surface area contributed by atoms with E-state index >= 15 is 0 Å². The Bertz CT molecular complexity index is 412. The van der Waals surface area contributed by atoms with Crippen LogP contribution in [0.1, 0.15) is 5.69 Å². The van der Waals surface area contributed by atoms with Crippen LogP contribution in [-0.2, 0) is 26.5 Å². The fraction of sp³-hybridized carbons (Fsp3) is 0.0769. The van der Waals surface area contributed by atoms with E-state index in [0.717, 1.165) is 17.0 Å². The zero-order chi connectivity index (χ0) is 9.80. The second kappa shape index (κ2) is 5.79. The second-order valence-corrected chi connectivity index (χ2v) is 2.99. The molecule has 1 nitrogen and oxygen atoms in total. The van der Waals surface area contributed by atoms with E-state index in [1.807, 2.05) is 42.5 Å². The van der Waals surface area contributed by atoms with Gasteiger partial charge in [-0.15, -0.1) is 35.9 Å². The molecule has 0 amide bonds. The molecule has 0 aliphatic carbocycles. The van der Waals surface area contributed by atoms with Crippen molar-refractivity contribution in [3.63, 3.8) is 0 Å². The zero-order valence-corrected chi connectivity index (χ0v) is 10.5. The molecule has 0 saturated heterocycles. The Balaban J connectivity index is 0.00000112. The third-order valence-corrected chi connectivity index (χ3v) is 2.00. The molecule has 0 bridgehead atoms. The summed E-state index contributed by atoms with van der Waals surface area (Å²) >= 11 is 0. The monoisotopic (exact) mass is 373 g/mol. The topological polar surface area (TPSA) is 12.9 Å². The molecule has 0 N–H and O–H groups in total. The number of hydrogen-bond donors (Lipinski definition) is 0. The van der Waals surface area contributed by atoms with Crippen molar-refractivity contribution in [2.24, 2.45) is 0 Å². The van der Waals surface area contributed by atoms with Gasteiger partial charge in [-0.3, -0.25) is 0 Å². The number of aromatic nitrogens is 1. The molecule has 0 atom stereocenters. The van der Waals surface area contributed by atoms with Crippen LogP contribution in [0.15, 0.2) is 42.5 Å². The van der Waals surface area contributed by atoms with Gasteiger partial charge >= 0.3 is 0 Å². The maximum Gasteiger partial charge on any atom is 0.0300 e. The minimum atomic E-state index is 0. The van der Waals surface area contributed by atoms with Gasteiger partial charge in [-0.2, -0.15) is 0 Å². The van der Waals surface area contributed by atoms with Crippen LogP contribution in [0, 0.1) is 13.0 Å². The van der Waals surface area contributed by atoms with E-state index in [4.69, 9.17) is 6.92 Å². The Morgan fingerprint density at radius 1 is 1.13 bits per heavy atom. The molecule has 1 aromatic carbocycles. The Kier molecular flexibility index (Phi) is 4.67. The van der Waals surface area contributed by atoms with Gasteiger partial charge in [-0.1, -0.05) is 12.1 Å². The maximum atomic E-state index is 5.52. The van der Waals surface area contributed by atoms with Gasteiger partial charge in [0, 0.05) is 25.8 Å². The van der Waals surface area contributed by atoms with Gasteiger partial charge in [0.15, 0.2) is 0 Å². The van der Waals surface area contributed by atoms with Gasteiger partial charge < -0.3 is 4.98 Å². The fourth-order valence-electron chi connectivity index (χ4n) is 1.30. The summed E-state index contributed by atoms with van der Waals surface area (Å²) in [4.78, 5) is 4.41. The summed E-state index contributed by atoms with van der Waals surface area (Å²) in [6, 6.07) is 16.8. The second-order valence-electron chi connectivity index (χ2n) is 2.99. The van der Waals surface area contributed by atoms with Crippen LogP contribution < -0.4 is 0 Å². The summed E-state index contributed by atoms with van der Waals surface area (Å²) < 4.78 is 0. The predicted molar refractivity (Wildman–Crippen MR) is 56.5 cm³/mol. The van der Waals surface area contributed by atoms with Crippen LogP contribution in [0.4, 0.5) is 0 Å². The standard InChI is InChI=1S/C13H10N.Ir/c1-2-12-9-6-10-13(14-12)11-7-4-3-5-8-11;/h1,3-7,9-10H,2H2;/q-1;. The molecule has 0 aliphatic rings. The summed E-state index contributed by atoms with van der Waals surface area (Å²) in [6.07, 6.45) is 0.473. The van der Waals surface area contributed by atoms with Crippen LogP contribution >= 0.6 is 0 Å². The van der Waals surface area contributed by atoms with E-state index in [1.165, 1.54) is 0 Å². The molecule has 1 aromatic heterocycles. The van der Waals surface area contributed by atoms with Crippen LogP contribution in [0.2, 0.25) is 0 Å². The minimum Gasteiger partial charge on any atom is -0.301 e. The van der Waals surface area contributed by atoms with Crippen molar-refractivity contribution in [2.45, 2.75) is 6.42 Å². The normalized spacial score (nSPS) is 9.40. The van der Waals surface area contributed by atoms with Crippen LogP contribution in [-0.4, -0.2) is 4.98 Å². The molecule has 0 spiro atoms. The smallest absolute Gasteiger partial charge is 0.0300 e. The predicted octanol–water partition coefficient (Wildman–Crippen LogP) is 2.80. The minimum absolute atomic E-state index is 0. The van der Waals surface area contributed by atoms with E-state index in [1.54, 1.807) is 0 Å². The zero-order valence-electron chi connectivity index (χ0n) is 8.11. The average molecular weight is 372 g/mol. The molecule has 77 valence electrons. The van der Waals surface area contributed by atoms with Crippen LogP contribution in [0.5, 0.6) is 0 Å². The summed E-state index contributed by atoms with van der Waals surface area (Å²) in [7, 11) is 0. The fourth-order valence-corrected chi connectivity index (χ4v) is 1.30. The first-order valence-electron chi connectivity index (χ1n) is 4.53. The van der Waals surface area contributed by atoms with Crippen molar-refractivity contribution >= 4 is 0 Å². The Labute approximate surface area is 104 Å². The Morgan fingerprint density at radius 2 is 2.00 bits per heavy atom. The van der Waals surface area contributed by atoms with Gasteiger partial charge in [0.25, 0.3) is 0 Å². The summed E-state index contributed by atoms with van der Waals surface area (Å²) in [5, 5.41) is 0. The number of hydrogen-bond acceptors (Lipinski definition) is 1.